The number of carbonyl (C=O) groups excluding carboxylic acids is 2. The van der Waals surface area contributed by atoms with Crippen molar-refractivity contribution in [1.82, 2.24) is 24.9 Å². The Bertz CT molecular complexity index is 1010. The number of rotatable bonds is 8. The Morgan fingerprint density at radius 2 is 1.50 bits per heavy atom. The molecule has 0 radical (unpaired) electrons. The molecule has 1 saturated heterocycles. The van der Waals surface area contributed by atoms with Crippen molar-refractivity contribution in [2.24, 2.45) is 0 Å². The van der Waals surface area contributed by atoms with Crippen LogP contribution in [0.4, 0.5) is 0 Å². The smallest absolute Gasteiger partial charge is 0.227 e. The zero-order valence-corrected chi connectivity index (χ0v) is 18.0. The van der Waals surface area contributed by atoms with E-state index in [-0.39, 0.29) is 11.8 Å². The number of aromatic nitrogens is 3. The molecule has 3 heterocycles. The molecule has 8 nitrogen and oxygen atoms in total. The van der Waals surface area contributed by atoms with Gasteiger partial charge in [0.15, 0.2) is 0 Å². The van der Waals surface area contributed by atoms with Crippen LogP contribution in [-0.4, -0.2) is 62.9 Å². The first-order valence-electron chi connectivity index (χ1n) is 11.0. The van der Waals surface area contributed by atoms with Crippen LogP contribution in [0, 0.1) is 0 Å². The molecule has 32 heavy (non-hydrogen) atoms. The van der Waals surface area contributed by atoms with E-state index in [1.54, 1.807) is 12.4 Å². The Morgan fingerprint density at radius 1 is 0.844 bits per heavy atom. The third kappa shape index (κ3) is 5.78. The van der Waals surface area contributed by atoms with E-state index in [0.29, 0.717) is 57.2 Å². The molecule has 0 saturated carbocycles. The van der Waals surface area contributed by atoms with Crippen molar-refractivity contribution in [3.63, 3.8) is 0 Å². The fourth-order valence-electron chi connectivity index (χ4n) is 3.80. The first-order chi connectivity index (χ1) is 15.7. The van der Waals surface area contributed by atoms with E-state index in [1.165, 1.54) is 5.56 Å². The standard InChI is InChI=1S/C24H27N5O3/c30-22(8-4-7-19-5-2-1-3-6-19)28-15-17-29(18-16-28)23(31)10-9-21-26-24(27-32-21)20-11-13-25-14-12-20/h1-3,5-6,11-14H,4,7-10,15-18H2. The van der Waals surface area contributed by atoms with Crippen molar-refractivity contribution < 1.29 is 14.1 Å². The monoisotopic (exact) mass is 433 g/mol. The van der Waals surface area contributed by atoms with E-state index in [2.05, 4.69) is 27.3 Å². The van der Waals surface area contributed by atoms with Gasteiger partial charge in [-0.05, 0) is 30.5 Å². The van der Waals surface area contributed by atoms with Crippen LogP contribution in [0.5, 0.6) is 0 Å². The van der Waals surface area contributed by atoms with Gasteiger partial charge < -0.3 is 14.3 Å². The molecule has 0 spiro atoms. The molecular formula is C24H27N5O3. The highest BCUT2D eigenvalue weighted by atomic mass is 16.5. The average Bonchev–Trinajstić information content (AvgIpc) is 3.33. The Labute approximate surface area is 187 Å². The Morgan fingerprint density at radius 3 is 2.19 bits per heavy atom. The summed E-state index contributed by atoms with van der Waals surface area (Å²) in [5.41, 5.74) is 2.08. The number of carbonyl (C=O) groups is 2. The van der Waals surface area contributed by atoms with Crippen LogP contribution in [0.3, 0.4) is 0 Å². The molecule has 8 heteroatoms. The van der Waals surface area contributed by atoms with Gasteiger partial charge in [-0.25, -0.2) is 0 Å². The maximum absolute atomic E-state index is 12.6. The van der Waals surface area contributed by atoms with Gasteiger partial charge in [0.25, 0.3) is 0 Å². The summed E-state index contributed by atoms with van der Waals surface area (Å²) >= 11 is 0. The quantitative estimate of drug-likeness (QED) is 0.542. The second-order valence-corrected chi connectivity index (χ2v) is 7.85. The van der Waals surface area contributed by atoms with Gasteiger partial charge in [-0.15, -0.1) is 0 Å². The molecule has 0 aliphatic carbocycles. The highest BCUT2D eigenvalue weighted by Gasteiger charge is 2.24. The van der Waals surface area contributed by atoms with Crippen LogP contribution < -0.4 is 0 Å². The van der Waals surface area contributed by atoms with E-state index in [9.17, 15) is 9.59 Å². The normalized spacial score (nSPS) is 13.9. The van der Waals surface area contributed by atoms with E-state index in [1.807, 2.05) is 40.1 Å². The van der Waals surface area contributed by atoms with Crippen LogP contribution >= 0.6 is 0 Å². The molecule has 0 bridgehead atoms. The summed E-state index contributed by atoms with van der Waals surface area (Å²) in [6.45, 7) is 2.30. The molecule has 166 valence electrons. The maximum atomic E-state index is 12.6. The van der Waals surface area contributed by atoms with E-state index >= 15 is 0 Å². The third-order valence-electron chi connectivity index (χ3n) is 5.64. The molecule has 3 aromatic rings. The van der Waals surface area contributed by atoms with Gasteiger partial charge in [0.1, 0.15) is 0 Å². The van der Waals surface area contributed by atoms with Crippen molar-refractivity contribution in [1.29, 1.82) is 0 Å². The van der Waals surface area contributed by atoms with E-state index in [4.69, 9.17) is 4.52 Å². The second kappa shape index (κ2) is 10.7. The van der Waals surface area contributed by atoms with E-state index in [0.717, 1.165) is 18.4 Å². The molecule has 0 unspecified atom stereocenters. The lowest BCUT2D eigenvalue weighted by atomic mass is 10.1. The Kier molecular flexibility index (Phi) is 7.22. The van der Waals surface area contributed by atoms with Gasteiger partial charge in [-0.3, -0.25) is 14.6 Å². The van der Waals surface area contributed by atoms with Gasteiger partial charge in [0.2, 0.25) is 23.5 Å². The van der Waals surface area contributed by atoms with Crippen LogP contribution in [-0.2, 0) is 22.4 Å². The van der Waals surface area contributed by atoms with Gasteiger partial charge in [0, 0.05) is 63.4 Å². The Hall–Kier alpha value is -3.55. The number of pyridine rings is 1. The van der Waals surface area contributed by atoms with Crippen LogP contribution in [0.2, 0.25) is 0 Å². The lowest BCUT2D eigenvalue weighted by Gasteiger charge is -2.35. The topological polar surface area (TPSA) is 92.4 Å². The van der Waals surface area contributed by atoms with Crippen molar-refractivity contribution in [3.05, 3.63) is 66.3 Å². The molecule has 2 aromatic heterocycles. The molecule has 1 fully saturated rings. The first kappa shape index (κ1) is 21.7. The summed E-state index contributed by atoms with van der Waals surface area (Å²) in [6, 6.07) is 13.8. The highest BCUT2D eigenvalue weighted by Crippen LogP contribution is 2.15. The number of hydrogen-bond acceptors (Lipinski definition) is 6. The number of hydrogen-bond donors (Lipinski definition) is 0. The maximum Gasteiger partial charge on any atom is 0.227 e. The minimum Gasteiger partial charge on any atom is -0.339 e. The molecule has 2 amide bonds. The minimum atomic E-state index is 0.0461. The van der Waals surface area contributed by atoms with Crippen molar-refractivity contribution >= 4 is 11.8 Å². The first-order valence-corrected chi connectivity index (χ1v) is 11.0. The molecule has 4 rings (SSSR count). The largest absolute Gasteiger partial charge is 0.339 e. The molecular weight excluding hydrogens is 406 g/mol. The molecule has 1 aromatic carbocycles. The van der Waals surface area contributed by atoms with Gasteiger partial charge in [-0.2, -0.15) is 4.98 Å². The summed E-state index contributed by atoms with van der Waals surface area (Å²) in [7, 11) is 0. The fraction of sp³-hybridized carbons (Fsp3) is 0.375. The van der Waals surface area contributed by atoms with Crippen molar-refractivity contribution in [2.45, 2.75) is 32.1 Å². The SMILES string of the molecule is O=C(CCCc1ccccc1)N1CCN(C(=O)CCc2nc(-c3ccncc3)no2)CC1. The molecule has 1 aliphatic heterocycles. The highest BCUT2D eigenvalue weighted by molar-refractivity contribution is 5.78. The summed E-state index contributed by atoms with van der Waals surface area (Å²) in [6.07, 6.45) is 6.33. The van der Waals surface area contributed by atoms with Gasteiger partial charge in [-0.1, -0.05) is 35.5 Å². The molecule has 0 atom stereocenters. The lowest BCUT2D eigenvalue weighted by Crippen LogP contribution is -2.50. The number of benzene rings is 1. The predicted octanol–water partition coefficient (Wildman–Crippen LogP) is 2.76. The average molecular weight is 434 g/mol. The third-order valence-corrected chi connectivity index (χ3v) is 5.64. The van der Waals surface area contributed by atoms with Gasteiger partial charge in [0.05, 0.1) is 0 Å². The number of amides is 2. The van der Waals surface area contributed by atoms with Crippen LogP contribution in [0.1, 0.15) is 30.7 Å². The summed E-state index contributed by atoms with van der Waals surface area (Å²) in [4.78, 5) is 37.1. The van der Waals surface area contributed by atoms with Crippen LogP contribution in [0.15, 0.2) is 59.4 Å². The fourth-order valence-corrected chi connectivity index (χ4v) is 3.80. The van der Waals surface area contributed by atoms with Crippen molar-refractivity contribution in [3.8, 4) is 11.4 Å². The number of aryl methyl sites for hydroxylation is 2. The lowest BCUT2D eigenvalue weighted by molar-refractivity contribution is -0.139. The number of nitrogens with zero attached hydrogens (tertiary/aromatic N) is 5. The molecule has 0 N–H and O–H groups in total. The number of piperazine rings is 1. The summed E-state index contributed by atoms with van der Waals surface area (Å²) in [5, 5.41) is 3.97. The minimum absolute atomic E-state index is 0.0461. The predicted molar refractivity (Wildman–Crippen MR) is 118 cm³/mol. The molecule has 1 aliphatic rings. The van der Waals surface area contributed by atoms with Crippen LogP contribution in [0.25, 0.3) is 11.4 Å². The summed E-state index contributed by atoms with van der Waals surface area (Å²) < 4.78 is 5.27. The van der Waals surface area contributed by atoms with Crippen molar-refractivity contribution in [2.75, 3.05) is 26.2 Å². The van der Waals surface area contributed by atoms with Gasteiger partial charge >= 0.3 is 0 Å². The second-order valence-electron chi connectivity index (χ2n) is 7.85. The zero-order valence-electron chi connectivity index (χ0n) is 18.0. The van der Waals surface area contributed by atoms with E-state index < -0.39 is 0 Å². The zero-order chi connectivity index (χ0) is 22.2. The Balaban J connectivity index is 1.17. The summed E-state index contributed by atoms with van der Waals surface area (Å²) in [5.74, 6) is 1.15.